The monoisotopic (exact) mass is 213 g/mol. The third kappa shape index (κ3) is 7.14. The molecule has 3 nitrogen and oxygen atoms in total. The molecule has 88 valence electrons. The van der Waals surface area contributed by atoms with Gasteiger partial charge in [0, 0.05) is 5.57 Å². The average molecular weight is 213 g/mol. The van der Waals surface area contributed by atoms with Gasteiger partial charge in [-0.05, 0) is 46.2 Å². The van der Waals surface area contributed by atoms with Crippen molar-refractivity contribution in [1.29, 1.82) is 0 Å². The number of carboxylic acids is 1. The van der Waals surface area contributed by atoms with Crippen LogP contribution in [0.5, 0.6) is 0 Å². The molecule has 0 aromatic heterocycles. The Morgan fingerprint density at radius 1 is 1.20 bits per heavy atom. The van der Waals surface area contributed by atoms with E-state index in [1.54, 1.807) is 6.92 Å². The summed E-state index contributed by atoms with van der Waals surface area (Å²) in [6, 6.07) is 0. The summed E-state index contributed by atoms with van der Waals surface area (Å²) in [5.74, 6) is -0.800. The van der Waals surface area contributed by atoms with E-state index in [2.05, 4.69) is 12.2 Å². The maximum Gasteiger partial charge on any atom is 0.331 e. The first-order valence-corrected chi connectivity index (χ1v) is 5.70. The normalized spacial score (nSPS) is 12.5. The van der Waals surface area contributed by atoms with Crippen LogP contribution in [0.25, 0.3) is 0 Å². The Morgan fingerprint density at radius 3 is 2.33 bits per heavy atom. The number of nitrogens with one attached hydrogen (secondary N) is 1. The van der Waals surface area contributed by atoms with Gasteiger partial charge in [-0.15, -0.1) is 0 Å². The summed E-state index contributed by atoms with van der Waals surface area (Å²) >= 11 is 0. The number of aliphatic carboxylic acids is 1. The van der Waals surface area contributed by atoms with Crippen molar-refractivity contribution in [3.05, 3.63) is 11.1 Å². The van der Waals surface area contributed by atoms with E-state index in [0.29, 0.717) is 5.57 Å². The Bertz CT molecular complexity index is 222. The molecule has 0 amide bonds. The van der Waals surface area contributed by atoms with Crippen LogP contribution >= 0.6 is 0 Å². The van der Waals surface area contributed by atoms with Gasteiger partial charge in [0.05, 0.1) is 0 Å². The van der Waals surface area contributed by atoms with Gasteiger partial charge in [0.2, 0.25) is 0 Å². The molecule has 0 aromatic carbocycles. The van der Waals surface area contributed by atoms with Gasteiger partial charge in [0.1, 0.15) is 0 Å². The number of rotatable bonds is 8. The summed E-state index contributed by atoms with van der Waals surface area (Å²) in [6.07, 6.45) is 4.31. The fraction of sp³-hybridized carbons (Fsp3) is 0.750. The van der Waals surface area contributed by atoms with E-state index in [-0.39, 0.29) is 0 Å². The Balaban J connectivity index is 3.59. The first kappa shape index (κ1) is 14.2. The van der Waals surface area contributed by atoms with Crippen molar-refractivity contribution >= 4 is 5.97 Å². The highest BCUT2D eigenvalue weighted by molar-refractivity contribution is 5.86. The molecule has 0 aliphatic rings. The Morgan fingerprint density at radius 2 is 1.80 bits per heavy atom. The molecule has 0 saturated carbocycles. The Hall–Kier alpha value is -0.830. The number of allylic oxidation sites excluding steroid dienone is 1. The van der Waals surface area contributed by atoms with Gasteiger partial charge in [0.15, 0.2) is 0 Å². The van der Waals surface area contributed by atoms with Crippen LogP contribution in [0.3, 0.4) is 0 Å². The Kier molecular flexibility index (Phi) is 8.01. The van der Waals surface area contributed by atoms with E-state index >= 15 is 0 Å². The molecule has 0 atom stereocenters. The lowest BCUT2D eigenvalue weighted by Gasteiger charge is -2.05. The highest BCUT2D eigenvalue weighted by Crippen LogP contribution is 2.09. The van der Waals surface area contributed by atoms with Gasteiger partial charge < -0.3 is 10.4 Å². The number of carbonyl (C=O) groups is 1. The molecule has 0 aliphatic carbocycles. The molecule has 0 aliphatic heterocycles. The smallest absolute Gasteiger partial charge is 0.331 e. The molecule has 0 spiro atoms. The average Bonchev–Trinajstić information content (AvgIpc) is 2.21. The van der Waals surface area contributed by atoms with Crippen LogP contribution in [0.15, 0.2) is 11.1 Å². The summed E-state index contributed by atoms with van der Waals surface area (Å²) in [7, 11) is 0. The molecular formula is C12H23NO2. The maximum atomic E-state index is 10.6. The summed E-state index contributed by atoms with van der Waals surface area (Å²) in [6.45, 7) is 7.78. The van der Waals surface area contributed by atoms with Crippen molar-refractivity contribution < 1.29 is 9.90 Å². The predicted molar refractivity (Wildman–Crippen MR) is 63.0 cm³/mol. The Labute approximate surface area is 92.6 Å². The molecule has 2 N–H and O–H groups in total. The fourth-order valence-corrected chi connectivity index (χ4v) is 1.28. The van der Waals surface area contributed by atoms with Gasteiger partial charge in [-0.3, -0.25) is 0 Å². The molecule has 0 radical (unpaired) electrons. The van der Waals surface area contributed by atoms with Crippen LogP contribution in [0, 0.1) is 0 Å². The van der Waals surface area contributed by atoms with Crippen molar-refractivity contribution in [1.82, 2.24) is 5.32 Å². The lowest BCUT2D eigenvalue weighted by atomic mass is 10.1. The van der Waals surface area contributed by atoms with Crippen LogP contribution in [0.1, 0.15) is 46.5 Å². The van der Waals surface area contributed by atoms with Crippen LogP contribution < -0.4 is 5.32 Å². The lowest BCUT2D eigenvalue weighted by molar-refractivity contribution is -0.132. The summed E-state index contributed by atoms with van der Waals surface area (Å²) in [5, 5.41) is 12.1. The van der Waals surface area contributed by atoms with E-state index in [1.165, 1.54) is 12.8 Å². The molecule has 0 fully saturated rings. The SMILES string of the molecule is CCCCNCCCC(C)=C(C)C(=O)O. The molecule has 0 heterocycles. The van der Waals surface area contributed by atoms with Gasteiger partial charge in [0.25, 0.3) is 0 Å². The molecule has 15 heavy (non-hydrogen) atoms. The predicted octanol–water partition coefficient (Wildman–Crippen LogP) is 2.58. The van der Waals surface area contributed by atoms with Crippen molar-refractivity contribution in [3.8, 4) is 0 Å². The quantitative estimate of drug-likeness (QED) is 0.481. The largest absolute Gasteiger partial charge is 0.478 e. The molecule has 0 aromatic rings. The van der Waals surface area contributed by atoms with Crippen LogP contribution in [0.4, 0.5) is 0 Å². The van der Waals surface area contributed by atoms with Crippen molar-refractivity contribution in [2.45, 2.75) is 46.5 Å². The van der Waals surface area contributed by atoms with E-state index in [0.717, 1.165) is 31.5 Å². The molecule has 0 saturated heterocycles. The van der Waals surface area contributed by atoms with Gasteiger partial charge in [-0.1, -0.05) is 18.9 Å². The minimum absolute atomic E-state index is 0.489. The van der Waals surface area contributed by atoms with Crippen molar-refractivity contribution in [2.24, 2.45) is 0 Å². The summed E-state index contributed by atoms with van der Waals surface area (Å²) in [4.78, 5) is 10.6. The van der Waals surface area contributed by atoms with Crippen LogP contribution in [-0.2, 0) is 4.79 Å². The van der Waals surface area contributed by atoms with E-state index in [1.807, 2.05) is 6.92 Å². The first-order valence-electron chi connectivity index (χ1n) is 5.70. The lowest BCUT2D eigenvalue weighted by Crippen LogP contribution is -2.16. The van der Waals surface area contributed by atoms with Crippen molar-refractivity contribution in [2.75, 3.05) is 13.1 Å². The minimum atomic E-state index is -0.800. The minimum Gasteiger partial charge on any atom is -0.478 e. The third-order valence-corrected chi connectivity index (χ3v) is 2.57. The first-order chi connectivity index (χ1) is 7.09. The number of hydrogen-bond acceptors (Lipinski definition) is 2. The van der Waals surface area contributed by atoms with E-state index < -0.39 is 5.97 Å². The van der Waals surface area contributed by atoms with Crippen molar-refractivity contribution in [3.63, 3.8) is 0 Å². The van der Waals surface area contributed by atoms with E-state index in [9.17, 15) is 4.79 Å². The topological polar surface area (TPSA) is 49.3 Å². The van der Waals surface area contributed by atoms with Gasteiger partial charge in [-0.2, -0.15) is 0 Å². The third-order valence-electron chi connectivity index (χ3n) is 2.57. The number of carboxylic acid groups (broad SMARTS) is 1. The zero-order chi connectivity index (χ0) is 11.7. The van der Waals surface area contributed by atoms with Crippen LogP contribution in [0.2, 0.25) is 0 Å². The number of hydrogen-bond donors (Lipinski definition) is 2. The standard InChI is InChI=1S/C12H23NO2/c1-4-5-8-13-9-6-7-10(2)11(3)12(14)15/h13H,4-9H2,1-3H3,(H,14,15). The molecule has 0 unspecified atom stereocenters. The maximum absolute atomic E-state index is 10.6. The summed E-state index contributed by atoms with van der Waals surface area (Å²) in [5.41, 5.74) is 1.48. The number of unbranched alkanes of at least 4 members (excludes halogenated alkanes) is 1. The second kappa shape index (κ2) is 8.48. The summed E-state index contributed by atoms with van der Waals surface area (Å²) < 4.78 is 0. The van der Waals surface area contributed by atoms with E-state index in [4.69, 9.17) is 5.11 Å². The molecule has 0 bridgehead atoms. The zero-order valence-corrected chi connectivity index (χ0v) is 10.1. The highest BCUT2D eigenvalue weighted by Gasteiger charge is 2.04. The molecular weight excluding hydrogens is 190 g/mol. The van der Waals surface area contributed by atoms with Gasteiger partial charge >= 0.3 is 5.97 Å². The fourth-order valence-electron chi connectivity index (χ4n) is 1.28. The second-order valence-corrected chi connectivity index (χ2v) is 3.92. The highest BCUT2D eigenvalue weighted by atomic mass is 16.4. The molecule has 0 rings (SSSR count). The van der Waals surface area contributed by atoms with Crippen LogP contribution in [-0.4, -0.2) is 24.2 Å². The molecule has 3 heteroatoms. The van der Waals surface area contributed by atoms with Gasteiger partial charge in [-0.25, -0.2) is 4.79 Å². The zero-order valence-electron chi connectivity index (χ0n) is 10.1. The second-order valence-electron chi connectivity index (χ2n) is 3.92.